The number of benzene rings is 1. The van der Waals surface area contributed by atoms with Gasteiger partial charge in [-0.15, -0.1) is 0 Å². The summed E-state index contributed by atoms with van der Waals surface area (Å²) in [4.78, 5) is 15.7. The van der Waals surface area contributed by atoms with Gasteiger partial charge < -0.3 is 14.6 Å². The van der Waals surface area contributed by atoms with Gasteiger partial charge >= 0.3 is 5.97 Å². The molecule has 0 amide bonds. The lowest BCUT2D eigenvalue weighted by atomic mass is 10.1. The van der Waals surface area contributed by atoms with E-state index in [0.29, 0.717) is 12.1 Å². The molecule has 21 heavy (non-hydrogen) atoms. The first-order valence-corrected chi connectivity index (χ1v) is 7.14. The van der Waals surface area contributed by atoms with Crippen LogP contribution in [-0.2, 0) is 17.8 Å². The fraction of sp³-hybridized carbons (Fsp3) is 0.375. The summed E-state index contributed by atoms with van der Waals surface area (Å²) >= 11 is 0. The van der Waals surface area contributed by atoms with Gasteiger partial charge in [-0.3, -0.25) is 0 Å². The lowest BCUT2D eigenvalue weighted by Crippen LogP contribution is -2.17. The number of carbonyl (C=O) groups is 1. The Kier molecular flexibility index (Phi) is 5.97. The highest BCUT2D eigenvalue weighted by Gasteiger charge is 2.09. The van der Waals surface area contributed by atoms with Crippen LogP contribution in [0.1, 0.15) is 28.8 Å². The SMILES string of the molecule is COC(=O)c1ccccc1CNCCCCn1ccnc1. The van der Waals surface area contributed by atoms with Crippen molar-refractivity contribution in [3.05, 3.63) is 54.1 Å². The van der Waals surface area contributed by atoms with Crippen molar-refractivity contribution in [2.75, 3.05) is 13.7 Å². The van der Waals surface area contributed by atoms with Crippen LogP contribution in [0.25, 0.3) is 0 Å². The maximum atomic E-state index is 11.6. The first-order valence-electron chi connectivity index (χ1n) is 7.14. The molecule has 1 aromatic heterocycles. The Balaban J connectivity index is 1.70. The summed E-state index contributed by atoms with van der Waals surface area (Å²) < 4.78 is 6.86. The van der Waals surface area contributed by atoms with E-state index in [1.807, 2.05) is 30.7 Å². The average molecular weight is 287 g/mol. The normalized spacial score (nSPS) is 10.5. The lowest BCUT2D eigenvalue weighted by molar-refractivity contribution is 0.0599. The first kappa shape index (κ1) is 15.3. The topological polar surface area (TPSA) is 56.1 Å². The van der Waals surface area contributed by atoms with Crippen molar-refractivity contribution in [1.29, 1.82) is 0 Å². The number of hydrogen-bond acceptors (Lipinski definition) is 4. The van der Waals surface area contributed by atoms with Gasteiger partial charge in [-0.2, -0.15) is 0 Å². The van der Waals surface area contributed by atoms with Crippen LogP contribution in [0.3, 0.4) is 0 Å². The average Bonchev–Trinajstić information content (AvgIpc) is 3.03. The number of rotatable bonds is 8. The van der Waals surface area contributed by atoms with Crippen molar-refractivity contribution < 1.29 is 9.53 Å². The summed E-state index contributed by atoms with van der Waals surface area (Å²) in [6, 6.07) is 7.52. The summed E-state index contributed by atoms with van der Waals surface area (Å²) in [5.74, 6) is -0.285. The fourth-order valence-electron chi connectivity index (χ4n) is 2.17. The third-order valence-electron chi connectivity index (χ3n) is 3.32. The molecule has 0 aliphatic heterocycles. The summed E-state index contributed by atoms with van der Waals surface area (Å²) in [7, 11) is 1.41. The van der Waals surface area contributed by atoms with Crippen LogP contribution in [0.2, 0.25) is 0 Å². The molecular formula is C16H21N3O2. The zero-order valence-corrected chi connectivity index (χ0v) is 12.3. The molecule has 1 aromatic carbocycles. The summed E-state index contributed by atoms with van der Waals surface area (Å²) in [6.07, 6.45) is 7.78. The Morgan fingerprint density at radius 3 is 2.95 bits per heavy atom. The van der Waals surface area contributed by atoms with E-state index in [-0.39, 0.29) is 5.97 Å². The van der Waals surface area contributed by atoms with Gasteiger partial charge in [0, 0.05) is 25.5 Å². The molecule has 5 heteroatoms. The van der Waals surface area contributed by atoms with Crippen molar-refractivity contribution >= 4 is 5.97 Å². The number of nitrogens with zero attached hydrogens (tertiary/aromatic N) is 2. The minimum Gasteiger partial charge on any atom is -0.465 e. The molecule has 0 atom stereocenters. The second-order valence-corrected chi connectivity index (χ2v) is 4.83. The Hall–Kier alpha value is -2.14. The van der Waals surface area contributed by atoms with Crippen molar-refractivity contribution in [3.63, 3.8) is 0 Å². The Morgan fingerprint density at radius 2 is 2.19 bits per heavy atom. The summed E-state index contributed by atoms with van der Waals surface area (Å²) in [5, 5.41) is 3.37. The monoisotopic (exact) mass is 287 g/mol. The predicted octanol–water partition coefficient (Wildman–Crippen LogP) is 2.24. The maximum Gasteiger partial charge on any atom is 0.338 e. The maximum absolute atomic E-state index is 11.6. The highest BCUT2D eigenvalue weighted by atomic mass is 16.5. The third kappa shape index (κ3) is 4.72. The molecule has 0 fully saturated rings. The predicted molar refractivity (Wildman–Crippen MR) is 80.9 cm³/mol. The number of ether oxygens (including phenoxy) is 1. The van der Waals surface area contributed by atoms with E-state index in [0.717, 1.165) is 31.5 Å². The van der Waals surface area contributed by atoms with Gasteiger partial charge in [0.2, 0.25) is 0 Å². The molecule has 2 aromatic rings. The zero-order chi connectivity index (χ0) is 14.9. The first-order chi connectivity index (χ1) is 10.3. The number of carbonyl (C=O) groups excluding carboxylic acids is 1. The molecule has 0 aliphatic carbocycles. The van der Waals surface area contributed by atoms with Crippen LogP contribution < -0.4 is 5.32 Å². The Morgan fingerprint density at radius 1 is 1.33 bits per heavy atom. The highest BCUT2D eigenvalue weighted by molar-refractivity contribution is 5.90. The summed E-state index contributed by atoms with van der Waals surface area (Å²) in [5.41, 5.74) is 1.60. The van der Waals surface area contributed by atoms with E-state index < -0.39 is 0 Å². The van der Waals surface area contributed by atoms with Crippen LogP contribution in [0.5, 0.6) is 0 Å². The molecule has 0 radical (unpaired) electrons. The minimum atomic E-state index is -0.285. The molecule has 0 bridgehead atoms. The molecule has 0 unspecified atom stereocenters. The van der Waals surface area contributed by atoms with Crippen molar-refractivity contribution in [2.45, 2.75) is 25.9 Å². The summed E-state index contributed by atoms with van der Waals surface area (Å²) in [6.45, 7) is 2.58. The molecule has 1 N–H and O–H groups in total. The van der Waals surface area contributed by atoms with Crippen LogP contribution >= 0.6 is 0 Å². The molecule has 112 valence electrons. The van der Waals surface area contributed by atoms with Gasteiger partial charge in [-0.05, 0) is 31.0 Å². The van der Waals surface area contributed by atoms with E-state index >= 15 is 0 Å². The number of hydrogen-bond donors (Lipinski definition) is 1. The van der Waals surface area contributed by atoms with Crippen LogP contribution in [-0.4, -0.2) is 29.2 Å². The number of aromatic nitrogens is 2. The van der Waals surface area contributed by atoms with E-state index in [9.17, 15) is 4.79 Å². The molecular weight excluding hydrogens is 266 g/mol. The fourth-order valence-corrected chi connectivity index (χ4v) is 2.17. The van der Waals surface area contributed by atoms with Gasteiger partial charge in [0.1, 0.15) is 0 Å². The molecule has 0 saturated carbocycles. The number of nitrogens with one attached hydrogen (secondary N) is 1. The Labute approximate surface area is 125 Å². The number of unbranched alkanes of at least 4 members (excludes halogenated alkanes) is 1. The van der Waals surface area contributed by atoms with E-state index in [2.05, 4.69) is 14.9 Å². The molecule has 0 spiro atoms. The number of esters is 1. The quantitative estimate of drug-likeness (QED) is 0.597. The van der Waals surface area contributed by atoms with Gasteiger partial charge in [0.05, 0.1) is 19.0 Å². The van der Waals surface area contributed by atoms with Gasteiger partial charge in [0.25, 0.3) is 0 Å². The second kappa shape index (κ2) is 8.21. The van der Waals surface area contributed by atoms with Crippen LogP contribution in [0.15, 0.2) is 43.0 Å². The van der Waals surface area contributed by atoms with Crippen molar-refractivity contribution in [1.82, 2.24) is 14.9 Å². The van der Waals surface area contributed by atoms with Crippen LogP contribution in [0.4, 0.5) is 0 Å². The third-order valence-corrected chi connectivity index (χ3v) is 3.32. The highest BCUT2D eigenvalue weighted by Crippen LogP contribution is 2.09. The minimum absolute atomic E-state index is 0.285. The van der Waals surface area contributed by atoms with Crippen molar-refractivity contribution in [3.8, 4) is 0 Å². The van der Waals surface area contributed by atoms with Gasteiger partial charge in [-0.1, -0.05) is 18.2 Å². The van der Waals surface area contributed by atoms with E-state index in [1.165, 1.54) is 7.11 Å². The molecule has 2 rings (SSSR count). The number of imidazole rings is 1. The van der Waals surface area contributed by atoms with E-state index in [1.54, 1.807) is 12.3 Å². The Bertz CT molecular complexity index is 552. The van der Waals surface area contributed by atoms with Gasteiger partial charge in [0.15, 0.2) is 0 Å². The lowest BCUT2D eigenvalue weighted by Gasteiger charge is -2.09. The zero-order valence-electron chi connectivity index (χ0n) is 12.3. The number of methoxy groups -OCH3 is 1. The standard InChI is InChI=1S/C16H21N3O2/c1-21-16(20)15-7-3-2-6-14(15)12-17-8-4-5-10-19-11-9-18-13-19/h2-3,6-7,9,11,13,17H,4-5,8,10,12H2,1H3. The van der Waals surface area contributed by atoms with Crippen molar-refractivity contribution in [2.24, 2.45) is 0 Å². The van der Waals surface area contributed by atoms with Gasteiger partial charge in [-0.25, -0.2) is 9.78 Å². The smallest absolute Gasteiger partial charge is 0.338 e. The largest absolute Gasteiger partial charge is 0.465 e. The second-order valence-electron chi connectivity index (χ2n) is 4.83. The molecule has 1 heterocycles. The van der Waals surface area contributed by atoms with Crippen LogP contribution in [0, 0.1) is 0 Å². The molecule has 0 saturated heterocycles. The number of aryl methyl sites for hydroxylation is 1. The van der Waals surface area contributed by atoms with E-state index in [4.69, 9.17) is 4.74 Å². The molecule has 5 nitrogen and oxygen atoms in total. The molecule has 0 aliphatic rings.